The van der Waals surface area contributed by atoms with Gasteiger partial charge < -0.3 is 25.0 Å². The first-order chi connectivity index (χ1) is 16.8. The van der Waals surface area contributed by atoms with Gasteiger partial charge in [0.2, 0.25) is 5.92 Å². The molecule has 3 aliphatic rings. The van der Waals surface area contributed by atoms with Gasteiger partial charge >= 0.3 is 12.1 Å². The van der Waals surface area contributed by atoms with Gasteiger partial charge in [-0.15, -0.1) is 0 Å². The number of urea groups is 1. The number of imidazole rings is 1. The van der Waals surface area contributed by atoms with Gasteiger partial charge in [0.25, 0.3) is 0 Å². The maximum absolute atomic E-state index is 13.8. The fraction of sp³-hybridized carbons (Fsp3) is 0.652. The highest BCUT2D eigenvalue weighted by Gasteiger charge is 2.40. The van der Waals surface area contributed by atoms with Crippen LogP contribution in [0.2, 0.25) is 0 Å². The molecular weight excluding hydrogens is 462 g/mol. The number of fused-ring (bicyclic) bond motifs is 1. The molecule has 2 saturated carbocycles. The van der Waals surface area contributed by atoms with Crippen molar-refractivity contribution in [2.24, 2.45) is 5.92 Å². The summed E-state index contributed by atoms with van der Waals surface area (Å²) in [6, 6.07) is 0.772. The molecule has 2 N–H and O–H groups in total. The lowest BCUT2D eigenvalue weighted by atomic mass is 9.81. The van der Waals surface area contributed by atoms with Gasteiger partial charge in [0.05, 0.1) is 36.8 Å². The van der Waals surface area contributed by atoms with Crippen LogP contribution in [-0.2, 0) is 9.47 Å². The molecule has 35 heavy (non-hydrogen) atoms. The Morgan fingerprint density at radius 2 is 2.09 bits per heavy atom. The maximum atomic E-state index is 13.8. The molecule has 2 aromatic heterocycles. The number of nitrogens with one attached hydrogen (secondary N) is 2. The first-order valence-corrected chi connectivity index (χ1v) is 12.1. The van der Waals surface area contributed by atoms with E-state index in [1.54, 1.807) is 28.9 Å². The summed E-state index contributed by atoms with van der Waals surface area (Å²) in [7, 11) is 1.57. The molecule has 0 aromatic carbocycles. The summed E-state index contributed by atoms with van der Waals surface area (Å²) in [5, 5.41) is 10.1. The van der Waals surface area contributed by atoms with Crippen LogP contribution in [0.5, 0.6) is 0 Å². The average molecular weight is 493 g/mol. The molecule has 2 aromatic rings. The van der Waals surface area contributed by atoms with Crippen molar-refractivity contribution >= 4 is 17.8 Å². The Bertz CT molecular complexity index is 1080. The number of hydrogen-bond acceptors (Lipinski definition) is 6. The van der Waals surface area contributed by atoms with Gasteiger partial charge in [0, 0.05) is 38.6 Å². The lowest BCUT2D eigenvalue weighted by Gasteiger charge is -2.33. The number of alkyl halides is 2. The van der Waals surface area contributed by atoms with Crippen molar-refractivity contribution in [3.63, 3.8) is 0 Å². The third kappa shape index (κ3) is 5.31. The fourth-order valence-electron chi connectivity index (χ4n) is 4.88. The topological polar surface area (TPSA) is 110 Å². The quantitative estimate of drug-likeness (QED) is 0.586. The molecule has 0 radical (unpaired) electrons. The molecule has 2 atom stereocenters. The Morgan fingerprint density at radius 3 is 2.74 bits per heavy atom. The Labute approximate surface area is 201 Å². The molecule has 190 valence electrons. The standard InChI is InChI=1S/C23H30F2N6O4/c1-34-13-18(30-9-8-26-21(30)32)15-10-19-28-17(12-31(19)27-11-15)20(29-22(33)35-16-2-3-16)14-4-6-23(24,25)7-5-14/h10-12,14,16,18,20H,2-9,13H2,1H3,(H,26,32)(H,29,33)/t18-,20?/m0/s1. The fourth-order valence-corrected chi connectivity index (χ4v) is 4.88. The molecule has 1 unspecified atom stereocenters. The molecule has 3 amide bonds. The van der Waals surface area contributed by atoms with E-state index in [-0.39, 0.29) is 49.8 Å². The monoisotopic (exact) mass is 492 g/mol. The second-order valence-electron chi connectivity index (χ2n) is 9.57. The van der Waals surface area contributed by atoms with Crippen LogP contribution in [0.25, 0.3) is 5.65 Å². The van der Waals surface area contributed by atoms with E-state index in [0.29, 0.717) is 31.0 Å². The predicted molar refractivity (Wildman–Crippen MR) is 120 cm³/mol. The van der Waals surface area contributed by atoms with Crippen LogP contribution in [0.3, 0.4) is 0 Å². The highest BCUT2D eigenvalue weighted by Crippen LogP contribution is 2.41. The molecule has 5 rings (SSSR count). The summed E-state index contributed by atoms with van der Waals surface area (Å²) in [6.45, 7) is 1.42. The van der Waals surface area contributed by atoms with Crippen molar-refractivity contribution in [3.05, 3.63) is 29.7 Å². The smallest absolute Gasteiger partial charge is 0.407 e. The number of methoxy groups -OCH3 is 1. The van der Waals surface area contributed by atoms with E-state index in [0.717, 1.165) is 18.4 Å². The van der Waals surface area contributed by atoms with Gasteiger partial charge in [-0.1, -0.05) is 0 Å². The van der Waals surface area contributed by atoms with Gasteiger partial charge in [0.1, 0.15) is 6.10 Å². The summed E-state index contributed by atoms with van der Waals surface area (Å²) >= 11 is 0. The molecule has 3 fully saturated rings. The van der Waals surface area contributed by atoms with Crippen LogP contribution in [0.4, 0.5) is 18.4 Å². The second kappa shape index (κ2) is 9.56. The van der Waals surface area contributed by atoms with E-state index in [2.05, 4.69) is 15.7 Å². The molecule has 12 heteroatoms. The zero-order valence-electron chi connectivity index (χ0n) is 19.6. The summed E-state index contributed by atoms with van der Waals surface area (Å²) in [5.74, 6) is -2.87. The molecule has 0 spiro atoms. The number of ether oxygens (including phenoxy) is 2. The molecule has 2 aliphatic carbocycles. The zero-order chi connectivity index (χ0) is 24.6. The molecule has 1 aliphatic heterocycles. The number of carbonyl (C=O) groups is 2. The predicted octanol–water partition coefficient (Wildman–Crippen LogP) is 3.20. The highest BCUT2D eigenvalue weighted by molar-refractivity contribution is 5.76. The van der Waals surface area contributed by atoms with Crippen LogP contribution in [-0.4, -0.2) is 70.5 Å². The molecule has 1 saturated heterocycles. The Balaban J connectivity index is 1.41. The van der Waals surface area contributed by atoms with Crippen molar-refractivity contribution in [2.75, 3.05) is 26.8 Å². The lowest BCUT2D eigenvalue weighted by molar-refractivity contribution is -0.0497. The third-order valence-electron chi connectivity index (χ3n) is 6.96. The summed E-state index contributed by atoms with van der Waals surface area (Å²) in [6.07, 6.45) is 4.53. The summed E-state index contributed by atoms with van der Waals surface area (Å²) in [4.78, 5) is 31.1. The maximum Gasteiger partial charge on any atom is 0.407 e. The molecule has 3 heterocycles. The SMILES string of the molecule is COC[C@@H](c1cnn2cc(C(NC(=O)OC3CC3)C3CCC(F)(F)CC3)nc2c1)N1CCNC1=O. The van der Waals surface area contributed by atoms with Gasteiger partial charge in [-0.25, -0.2) is 27.9 Å². The average Bonchev–Trinajstić information content (AvgIpc) is 3.37. The Kier molecular flexibility index (Phi) is 6.47. The molecule has 10 nitrogen and oxygen atoms in total. The van der Waals surface area contributed by atoms with E-state index in [9.17, 15) is 18.4 Å². The Hall–Kier alpha value is -3.02. The largest absolute Gasteiger partial charge is 0.446 e. The van der Waals surface area contributed by atoms with E-state index in [1.807, 2.05) is 6.07 Å². The molecule has 0 bridgehead atoms. The van der Waals surface area contributed by atoms with Crippen molar-refractivity contribution < 1.29 is 27.8 Å². The van der Waals surface area contributed by atoms with Gasteiger partial charge in [-0.05, 0) is 37.7 Å². The van der Waals surface area contributed by atoms with Crippen LogP contribution in [0.1, 0.15) is 61.9 Å². The number of aromatic nitrogens is 3. The number of hydrogen-bond donors (Lipinski definition) is 2. The number of alkyl carbamates (subject to hydrolysis) is 1. The number of nitrogens with zero attached hydrogens (tertiary/aromatic N) is 4. The van der Waals surface area contributed by atoms with Gasteiger partial charge in [-0.2, -0.15) is 5.10 Å². The van der Waals surface area contributed by atoms with E-state index in [4.69, 9.17) is 14.5 Å². The normalized spacial score (nSPS) is 22.1. The summed E-state index contributed by atoms with van der Waals surface area (Å²) < 4.78 is 39.9. The second-order valence-corrected chi connectivity index (χ2v) is 9.57. The van der Waals surface area contributed by atoms with Crippen LogP contribution in [0, 0.1) is 5.92 Å². The number of amides is 3. The van der Waals surface area contributed by atoms with Crippen LogP contribution in [0.15, 0.2) is 18.5 Å². The van der Waals surface area contributed by atoms with E-state index < -0.39 is 18.1 Å². The first-order valence-electron chi connectivity index (χ1n) is 12.1. The van der Waals surface area contributed by atoms with Crippen molar-refractivity contribution in [1.82, 2.24) is 30.1 Å². The van der Waals surface area contributed by atoms with Gasteiger partial charge in [0.15, 0.2) is 5.65 Å². The van der Waals surface area contributed by atoms with Crippen LogP contribution >= 0.6 is 0 Å². The summed E-state index contributed by atoms with van der Waals surface area (Å²) in [5.41, 5.74) is 1.84. The minimum absolute atomic E-state index is 0.0721. The zero-order valence-corrected chi connectivity index (χ0v) is 19.6. The van der Waals surface area contributed by atoms with Crippen LogP contribution < -0.4 is 10.6 Å². The van der Waals surface area contributed by atoms with E-state index in [1.165, 1.54) is 0 Å². The van der Waals surface area contributed by atoms with Gasteiger partial charge in [-0.3, -0.25) is 0 Å². The lowest BCUT2D eigenvalue weighted by Crippen LogP contribution is -2.37. The third-order valence-corrected chi connectivity index (χ3v) is 6.96. The number of rotatable bonds is 8. The van der Waals surface area contributed by atoms with E-state index >= 15 is 0 Å². The van der Waals surface area contributed by atoms with Crippen molar-refractivity contribution in [2.45, 2.75) is 62.6 Å². The Morgan fingerprint density at radius 1 is 1.31 bits per heavy atom. The minimum atomic E-state index is -2.68. The first kappa shape index (κ1) is 23.7. The minimum Gasteiger partial charge on any atom is -0.446 e. The number of carbonyl (C=O) groups excluding carboxylic acids is 2. The van der Waals surface area contributed by atoms with Crippen molar-refractivity contribution in [3.8, 4) is 0 Å². The van der Waals surface area contributed by atoms with Crippen molar-refractivity contribution in [1.29, 1.82) is 0 Å². The highest BCUT2D eigenvalue weighted by atomic mass is 19.3. The number of halogens is 2. The molecular formula is C23H30F2N6O4.